The summed E-state index contributed by atoms with van der Waals surface area (Å²) in [6.45, 7) is 28.4. The fourth-order valence-corrected chi connectivity index (χ4v) is 30.4. The number of carbonyl (C=O) groups is 2. The molecule has 0 saturated carbocycles. The number of carboxylic acids is 2. The molecule has 0 N–H and O–H groups in total. The fourth-order valence-electron chi connectivity index (χ4n) is 14.0. The van der Waals surface area contributed by atoms with Crippen molar-refractivity contribution in [2.24, 2.45) is 0 Å². The van der Waals surface area contributed by atoms with Crippen molar-refractivity contribution in [3.63, 3.8) is 0 Å². The van der Waals surface area contributed by atoms with Crippen LogP contribution in [0.3, 0.4) is 0 Å². The smallest absolute Gasteiger partial charge is 0.125 e. The number of carbonyl (C=O) groups excluding carboxylic acids is 2. The van der Waals surface area contributed by atoms with E-state index in [4.69, 9.17) is 0 Å². The Kier molecular flexibility index (Phi) is 66.7. The first kappa shape index (κ1) is 95.9. The number of carboxylic acid groups (broad SMARTS) is 2. The highest BCUT2D eigenvalue weighted by Gasteiger charge is 2.37. The van der Waals surface area contributed by atoms with E-state index < -0.39 is 54.3 Å². The lowest BCUT2D eigenvalue weighted by atomic mass is 10.0. The Bertz CT molecular complexity index is 1950. The van der Waals surface area contributed by atoms with Crippen LogP contribution in [0, 0.1) is 0 Å². The first-order valence-corrected chi connectivity index (χ1v) is 50.4. The van der Waals surface area contributed by atoms with Crippen molar-refractivity contribution in [3.05, 3.63) is 41.5 Å². The van der Waals surface area contributed by atoms with Gasteiger partial charge in [-0.05, 0) is 136 Å². The van der Waals surface area contributed by atoms with Crippen LogP contribution in [-0.2, 0) is 10.1 Å². The summed E-state index contributed by atoms with van der Waals surface area (Å²) in [4.78, 5) is 20.8. The van der Waals surface area contributed by atoms with E-state index in [1.807, 2.05) is 0 Å². The molecule has 0 aliphatic carbocycles. The van der Waals surface area contributed by atoms with Gasteiger partial charge in [0.15, 0.2) is 0 Å². The molecule has 7 nitrogen and oxygen atoms in total. The first-order valence-electron chi connectivity index (χ1n) is 41.4. The highest BCUT2D eigenvalue weighted by molar-refractivity contribution is 7.86. The van der Waals surface area contributed by atoms with Crippen LogP contribution in [0.25, 0.3) is 10.8 Å². The van der Waals surface area contributed by atoms with Gasteiger partial charge in [0.1, 0.15) is 10.1 Å². The summed E-state index contributed by atoms with van der Waals surface area (Å²) < 4.78 is 33.4. The summed E-state index contributed by atoms with van der Waals surface area (Å²) in [5, 5.41) is 21.4. The molecule has 0 amide bonds. The minimum absolute atomic E-state index is 0.0252. The molecule has 0 fully saturated rings. The van der Waals surface area contributed by atoms with E-state index in [0.29, 0.717) is 6.07 Å². The maximum absolute atomic E-state index is 11.1. The van der Waals surface area contributed by atoms with Crippen molar-refractivity contribution < 1.29 is 32.8 Å². The molecule has 0 aliphatic heterocycles. The summed E-state index contributed by atoms with van der Waals surface area (Å²) >= 11 is 0. The molecule has 0 atom stereocenters. The lowest BCUT2D eigenvalue weighted by Gasteiger charge is -2.28. The number of fused-ring (bicyclic) bond motifs is 1. The van der Waals surface area contributed by atoms with Gasteiger partial charge < -0.3 is 24.4 Å². The van der Waals surface area contributed by atoms with Crippen LogP contribution in [0.5, 0.6) is 0 Å². The van der Waals surface area contributed by atoms with Gasteiger partial charge >= 0.3 is 0 Å². The number of hydrogen-bond donors (Lipinski definition) is 0. The van der Waals surface area contributed by atoms with Gasteiger partial charge in [-0.1, -0.05) is 307 Å². The second-order valence-corrected chi connectivity index (χ2v) is 44.1. The average molecular weight is 1410 g/mol. The Morgan fingerprint density at radius 3 is 0.663 bits per heavy atom. The Morgan fingerprint density at radius 2 is 0.463 bits per heavy atom. The van der Waals surface area contributed by atoms with E-state index in [1.54, 1.807) is 93.2 Å². The van der Waals surface area contributed by atoms with Gasteiger partial charge in [-0.15, -0.1) is 0 Å². The molecule has 11 heteroatoms. The first-order chi connectivity index (χ1) is 45.9. The Labute approximate surface area is 595 Å². The zero-order chi connectivity index (χ0) is 71.0. The van der Waals surface area contributed by atoms with Crippen LogP contribution in [0.15, 0.2) is 35.2 Å². The average Bonchev–Trinajstić information content (AvgIpc) is 0.796. The molecule has 0 unspecified atom stereocenters. The maximum Gasteiger partial charge on any atom is 0.125 e. The third-order valence-electron chi connectivity index (χ3n) is 20.5. The molecule has 0 spiro atoms. The SMILES string of the molecule is CCCCCCCCCCCC[P+](CCCC)(CCCC)CCCC.CCCCCCCCCCCC[P+](CCCC)(CCCC)CCCC.CCCCCCCCCCCC[P+](CCCC)(CCCC)CCCC.O=C([O-])c1ccc2c(S(=O)(=O)[O-])cc(C(=O)[O-])cc2c1. The van der Waals surface area contributed by atoms with Crippen LogP contribution in [-0.4, -0.2) is 98.9 Å². The highest BCUT2D eigenvalue weighted by Crippen LogP contribution is 2.63. The van der Waals surface area contributed by atoms with Crippen molar-refractivity contribution in [1.82, 2.24) is 0 Å². The number of unbranched alkanes of at least 4 members (excludes halogenated alkanes) is 36. The van der Waals surface area contributed by atoms with Gasteiger partial charge in [0.25, 0.3) is 0 Å². The third-order valence-corrected chi connectivity index (χ3v) is 36.5. The van der Waals surface area contributed by atoms with Crippen molar-refractivity contribution in [2.45, 2.75) is 396 Å². The molecular formula is C84H161O7P3S. The predicted octanol–water partition coefficient (Wildman–Crippen LogP) is 26.4. The van der Waals surface area contributed by atoms with Crippen LogP contribution in [0.2, 0.25) is 0 Å². The van der Waals surface area contributed by atoms with Crippen molar-refractivity contribution >= 4 is 54.6 Å². The molecule has 0 heterocycles. The van der Waals surface area contributed by atoms with E-state index in [9.17, 15) is 32.8 Å². The molecular weight excluding hydrogens is 1250 g/mol. The number of rotatable bonds is 63. The van der Waals surface area contributed by atoms with Gasteiger partial charge in [0, 0.05) is 21.8 Å². The van der Waals surface area contributed by atoms with E-state index in [2.05, 4.69) is 83.1 Å². The molecule has 560 valence electrons. The van der Waals surface area contributed by atoms with Crippen LogP contribution < -0.4 is 10.2 Å². The molecule has 2 rings (SSSR count). The van der Waals surface area contributed by atoms with Crippen molar-refractivity contribution in [2.75, 3.05) is 73.9 Å². The molecule has 0 saturated heterocycles. The van der Waals surface area contributed by atoms with Gasteiger partial charge in [-0.25, -0.2) is 8.42 Å². The van der Waals surface area contributed by atoms with Gasteiger partial charge in [-0.3, -0.25) is 0 Å². The largest absolute Gasteiger partial charge is 0.744 e. The molecule has 0 aliphatic rings. The summed E-state index contributed by atoms with van der Waals surface area (Å²) in [6.07, 6.45) is 89.9. The zero-order valence-electron chi connectivity index (χ0n) is 65.4. The minimum atomic E-state index is -4.92. The summed E-state index contributed by atoms with van der Waals surface area (Å²) in [7, 11) is -6.78. The fraction of sp³-hybridized carbons (Fsp3) is 0.857. The zero-order valence-corrected chi connectivity index (χ0v) is 68.9. The molecule has 95 heavy (non-hydrogen) atoms. The standard InChI is InChI=1S/3C24H52P.C12H8O7S/c3*1-5-9-13-14-15-16-17-18-19-20-24-25(21-10-6-2,22-11-7-3)23-12-8-4;13-11(14)6-1-2-9-7(3-6)4-8(12(15)16)5-10(9)20(17,18)19/h3*5-24H2,1-4H3;1-5H,(H,13,14)(H,15,16)(H,17,18,19)/q3*+1;/p-3. The van der Waals surface area contributed by atoms with Crippen LogP contribution >= 0.6 is 21.8 Å². The lowest BCUT2D eigenvalue weighted by molar-refractivity contribution is -0.256. The lowest BCUT2D eigenvalue weighted by Crippen LogP contribution is -2.23. The monoisotopic (exact) mass is 1410 g/mol. The maximum atomic E-state index is 11.1. The summed E-state index contributed by atoms with van der Waals surface area (Å²) in [5.74, 6) is -3.20. The Hall–Kier alpha value is -1.16. The Morgan fingerprint density at radius 1 is 0.274 bits per heavy atom. The predicted molar refractivity (Wildman–Crippen MR) is 429 cm³/mol. The number of aromatic carboxylic acids is 2. The third kappa shape index (κ3) is 51.6. The summed E-state index contributed by atoms with van der Waals surface area (Å²) in [5.41, 5.74) is -0.815. The quantitative estimate of drug-likeness (QED) is 0.0365. The van der Waals surface area contributed by atoms with Gasteiger partial charge in [-0.2, -0.15) is 0 Å². The Balaban J connectivity index is 0. The minimum Gasteiger partial charge on any atom is -0.744 e. The number of hydrogen-bond acceptors (Lipinski definition) is 7. The topological polar surface area (TPSA) is 137 Å². The molecule has 0 aromatic heterocycles. The number of benzene rings is 2. The molecule has 2 aromatic rings. The highest BCUT2D eigenvalue weighted by atomic mass is 32.2. The van der Waals surface area contributed by atoms with Gasteiger partial charge in [0.05, 0.1) is 90.8 Å². The van der Waals surface area contributed by atoms with E-state index >= 15 is 0 Å². The van der Waals surface area contributed by atoms with Crippen LogP contribution in [0.4, 0.5) is 0 Å². The van der Waals surface area contributed by atoms with E-state index in [1.165, 1.54) is 289 Å². The molecule has 2 aromatic carbocycles. The molecule has 0 bridgehead atoms. The van der Waals surface area contributed by atoms with Crippen molar-refractivity contribution in [3.8, 4) is 0 Å². The summed E-state index contributed by atoms with van der Waals surface area (Å²) in [6, 6.07) is 4.88. The second-order valence-electron chi connectivity index (χ2n) is 29.4. The van der Waals surface area contributed by atoms with Crippen LogP contribution in [0.1, 0.15) is 412 Å². The van der Waals surface area contributed by atoms with E-state index in [0.717, 1.165) is 24.3 Å². The van der Waals surface area contributed by atoms with E-state index in [-0.39, 0.29) is 16.3 Å². The second kappa shape index (κ2) is 66.1. The molecule has 0 radical (unpaired) electrons. The van der Waals surface area contributed by atoms with Crippen molar-refractivity contribution in [1.29, 1.82) is 0 Å². The normalized spacial score (nSPS) is 11.9. The van der Waals surface area contributed by atoms with Gasteiger partial charge in [0.2, 0.25) is 0 Å².